The Morgan fingerprint density at radius 1 is 1.50 bits per heavy atom. The molecule has 1 fully saturated rings. The number of hydrogen-bond acceptors (Lipinski definition) is 3. The second kappa shape index (κ2) is 4.80. The van der Waals surface area contributed by atoms with Crippen LogP contribution < -0.4 is 0 Å². The van der Waals surface area contributed by atoms with E-state index in [1.54, 1.807) is 0 Å². The van der Waals surface area contributed by atoms with Gasteiger partial charge in [-0.3, -0.25) is 0 Å². The van der Waals surface area contributed by atoms with Gasteiger partial charge in [-0.1, -0.05) is 0 Å². The monoisotopic (exact) mass is 173 g/mol. The Labute approximate surface area is 74.3 Å². The number of ether oxygens (including phenoxy) is 1. The van der Waals surface area contributed by atoms with Crippen LogP contribution in [-0.4, -0.2) is 50.0 Å². The molecule has 3 nitrogen and oxygen atoms in total. The molecule has 1 saturated heterocycles. The van der Waals surface area contributed by atoms with E-state index in [0.717, 1.165) is 19.6 Å². The van der Waals surface area contributed by atoms with E-state index in [2.05, 4.69) is 19.0 Å². The van der Waals surface area contributed by atoms with Crippen molar-refractivity contribution in [3.63, 3.8) is 0 Å². The SMILES string of the molecule is CN(C)CCC1COC(CO)C1. The Kier molecular flexibility index (Phi) is 3.98. The molecule has 0 amide bonds. The van der Waals surface area contributed by atoms with E-state index in [1.807, 2.05) is 0 Å². The van der Waals surface area contributed by atoms with Gasteiger partial charge in [0, 0.05) is 0 Å². The molecular weight excluding hydrogens is 154 g/mol. The molecule has 0 spiro atoms. The van der Waals surface area contributed by atoms with E-state index in [4.69, 9.17) is 9.84 Å². The molecule has 0 bridgehead atoms. The van der Waals surface area contributed by atoms with Crippen LogP contribution in [-0.2, 0) is 4.74 Å². The minimum absolute atomic E-state index is 0.108. The van der Waals surface area contributed by atoms with Crippen LogP contribution in [0.1, 0.15) is 12.8 Å². The van der Waals surface area contributed by atoms with Crippen molar-refractivity contribution in [3.05, 3.63) is 0 Å². The first-order valence-electron chi connectivity index (χ1n) is 4.59. The first kappa shape index (κ1) is 9.96. The molecule has 0 aromatic heterocycles. The van der Waals surface area contributed by atoms with Crippen molar-refractivity contribution in [1.29, 1.82) is 0 Å². The maximum absolute atomic E-state index is 8.83. The number of hydrogen-bond donors (Lipinski definition) is 1. The molecule has 72 valence electrons. The highest BCUT2D eigenvalue weighted by molar-refractivity contribution is 4.73. The van der Waals surface area contributed by atoms with Gasteiger partial charge in [0.2, 0.25) is 0 Å². The number of rotatable bonds is 4. The van der Waals surface area contributed by atoms with Gasteiger partial charge in [-0.25, -0.2) is 0 Å². The van der Waals surface area contributed by atoms with E-state index < -0.39 is 0 Å². The van der Waals surface area contributed by atoms with Crippen molar-refractivity contribution in [1.82, 2.24) is 4.90 Å². The molecule has 1 N–H and O–H groups in total. The first-order chi connectivity index (χ1) is 5.72. The van der Waals surface area contributed by atoms with Crippen molar-refractivity contribution in [2.75, 3.05) is 33.9 Å². The van der Waals surface area contributed by atoms with Crippen LogP contribution in [0.3, 0.4) is 0 Å². The summed E-state index contributed by atoms with van der Waals surface area (Å²) < 4.78 is 5.38. The molecule has 12 heavy (non-hydrogen) atoms. The second-order valence-electron chi connectivity index (χ2n) is 3.83. The van der Waals surface area contributed by atoms with Gasteiger partial charge >= 0.3 is 0 Å². The van der Waals surface area contributed by atoms with E-state index >= 15 is 0 Å². The third-order valence-corrected chi connectivity index (χ3v) is 2.35. The summed E-state index contributed by atoms with van der Waals surface area (Å²) in [5.41, 5.74) is 0. The molecule has 0 saturated carbocycles. The van der Waals surface area contributed by atoms with Gasteiger partial charge in [0.05, 0.1) is 19.3 Å². The number of aliphatic hydroxyl groups excluding tert-OH is 1. The molecule has 2 unspecified atom stereocenters. The van der Waals surface area contributed by atoms with Crippen molar-refractivity contribution in [2.45, 2.75) is 18.9 Å². The lowest BCUT2D eigenvalue weighted by Gasteiger charge is -2.12. The normalized spacial score (nSPS) is 30.0. The molecule has 0 aromatic rings. The summed E-state index contributed by atoms with van der Waals surface area (Å²) in [7, 11) is 4.17. The van der Waals surface area contributed by atoms with Gasteiger partial charge in [-0.15, -0.1) is 0 Å². The molecule has 0 aromatic carbocycles. The molecule has 0 radical (unpaired) electrons. The van der Waals surface area contributed by atoms with Gasteiger partial charge < -0.3 is 14.7 Å². The van der Waals surface area contributed by atoms with Crippen LogP contribution in [0.25, 0.3) is 0 Å². The van der Waals surface area contributed by atoms with Crippen molar-refractivity contribution < 1.29 is 9.84 Å². The summed E-state index contributed by atoms with van der Waals surface area (Å²) in [4.78, 5) is 2.19. The maximum Gasteiger partial charge on any atom is 0.0809 e. The zero-order valence-corrected chi connectivity index (χ0v) is 7.99. The average molecular weight is 173 g/mol. The lowest BCUT2D eigenvalue weighted by molar-refractivity contribution is 0.0570. The molecule has 0 aliphatic carbocycles. The Morgan fingerprint density at radius 3 is 2.75 bits per heavy atom. The predicted octanol–water partition coefficient (Wildman–Crippen LogP) is 0.335. The molecule has 1 heterocycles. The largest absolute Gasteiger partial charge is 0.394 e. The predicted molar refractivity (Wildman–Crippen MR) is 48.1 cm³/mol. The van der Waals surface area contributed by atoms with Gasteiger partial charge in [-0.05, 0) is 39.4 Å². The van der Waals surface area contributed by atoms with Crippen LogP contribution in [0.2, 0.25) is 0 Å². The fourth-order valence-electron chi connectivity index (χ4n) is 1.55. The zero-order chi connectivity index (χ0) is 8.97. The Bertz CT molecular complexity index is 128. The van der Waals surface area contributed by atoms with Gasteiger partial charge in [0.1, 0.15) is 0 Å². The second-order valence-corrected chi connectivity index (χ2v) is 3.83. The summed E-state index contributed by atoms with van der Waals surface area (Å²) in [5.74, 6) is 0.657. The van der Waals surface area contributed by atoms with Crippen LogP contribution in [0.5, 0.6) is 0 Å². The molecule has 1 rings (SSSR count). The van der Waals surface area contributed by atoms with Crippen molar-refractivity contribution >= 4 is 0 Å². The fraction of sp³-hybridized carbons (Fsp3) is 1.00. The molecule has 1 aliphatic rings. The van der Waals surface area contributed by atoms with Crippen LogP contribution in [0, 0.1) is 5.92 Å². The smallest absolute Gasteiger partial charge is 0.0809 e. The minimum Gasteiger partial charge on any atom is -0.394 e. The highest BCUT2D eigenvalue weighted by Gasteiger charge is 2.24. The van der Waals surface area contributed by atoms with E-state index in [9.17, 15) is 0 Å². The van der Waals surface area contributed by atoms with Crippen LogP contribution in [0.15, 0.2) is 0 Å². The zero-order valence-electron chi connectivity index (χ0n) is 7.99. The lowest BCUT2D eigenvalue weighted by Crippen LogP contribution is -2.17. The quantitative estimate of drug-likeness (QED) is 0.665. The highest BCUT2D eigenvalue weighted by Crippen LogP contribution is 2.21. The summed E-state index contributed by atoms with van der Waals surface area (Å²) in [5, 5.41) is 8.83. The molecule has 2 atom stereocenters. The van der Waals surface area contributed by atoms with Crippen molar-refractivity contribution in [2.24, 2.45) is 5.92 Å². The van der Waals surface area contributed by atoms with Crippen LogP contribution >= 0.6 is 0 Å². The van der Waals surface area contributed by atoms with E-state index in [-0.39, 0.29) is 12.7 Å². The number of aliphatic hydroxyl groups is 1. The van der Waals surface area contributed by atoms with Gasteiger partial charge in [-0.2, -0.15) is 0 Å². The Balaban J connectivity index is 2.11. The average Bonchev–Trinajstić information content (AvgIpc) is 2.48. The molecule has 3 heteroatoms. The summed E-state index contributed by atoms with van der Waals surface area (Å²) in [6.07, 6.45) is 2.32. The highest BCUT2D eigenvalue weighted by atomic mass is 16.5. The van der Waals surface area contributed by atoms with Gasteiger partial charge in [0.25, 0.3) is 0 Å². The maximum atomic E-state index is 8.83. The first-order valence-corrected chi connectivity index (χ1v) is 4.59. The Morgan fingerprint density at radius 2 is 2.25 bits per heavy atom. The lowest BCUT2D eigenvalue weighted by atomic mass is 10.0. The van der Waals surface area contributed by atoms with Crippen LogP contribution in [0.4, 0.5) is 0 Å². The van der Waals surface area contributed by atoms with E-state index in [1.165, 1.54) is 6.42 Å². The molecule has 1 aliphatic heterocycles. The standard InChI is InChI=1S/C9H19NO2/c1-10(2)4-3-8-5-9(6-11)12-7-8/h8-9,11H,3-7H2,1-2H3. The number of nitrogens with zero attached hydrogens (tertiary/aromatic N) is 1. The van der Waals surface area contributed by atoms with Crippen molar-refractivity contribution in [3.8, 4) is 0 Å². The summed E-state index contributed by atoms with van der Waals surface area (Å²) >= 11 is 0. The Hall–Kier alpha value is -0.120. The fourth-order valence-corrected chi connectivity index (χ4v) is 1.55. The topological polar surface area (TPSA) is 32.7 Å². The third-order valence-electron chi connectivity index (χ3n) is 2.35. The third kappa shape index (κ3) is 3.09. The summed E-state index contributed by atoms with van der Waals surface area (Å²) in [6.45, 7) is 2.13. The van der Waals surface area contributed by atoms with E-state index in [0.29, 0.717) is 5.92 Å². The summed E-state index contributed by atoms with van der Waals surface area (Å²) in [6, 6.07) is 0. The molecular formula is C9H19NO2. The minimum atomic E-state index is 0.108. The van der Waals surface area contributed by atoms with Gasteiger partial charge in [0.15, 0.2) is 0 Å².